The molecule has 4 aromatic rings. The number of aliphatic hydroxyl groups excluding tert-OH is 1. The maximum absolute atomic E-state index is 13.3. The van der Waals surface area contributed by atoms with Crippen molar-refractivity contribution in [2.24, 2.45) is 5.92 Å². The molecular formula is C31H37FN8O4. The number of aryl methyl sites for hydroxylation is 1. The number of hydrogen-bond donors (Lipinski definition) is 2. The molecule has 12 nitrogen and oxygen atoms in total. The second-order valence-corrected chi connectivity index (χ2v) is 12.0. The highest BCUT2D eigenvalue weighted by atomic mass is 19.1. The summed E-state index contributed by atoms with van der Waals surface area (Å²) in [5.41, 5.74) is 4.00. The molecule has 0 saturated carbocycles. The minimum Gasteiger partial charge on any atom is -0.488 e. The highest BCUT2D eigenvalue weighted by Crippen LogP contribution is 2.33. The number of hydrogen-bond acceptors (Lipinski definition) is 9. The van der Waals surface area contributed by atoms with E-state index in [1.54, 1.807) is 21.7 Å². The van der Waals surface area contributed by atoms with Gasteiger partial charge in [-0.05, 0) is 70.8 Å². The lowest BCUT2D eigenvalue weighted by Gasteiger charge is -2.39. The van der Waals surface area contributed by atoms with Crippen LogP contribution in [0.1, 0.15) is 55.8 Å². The molecule has 1 saturated heterocycles. The number of carbonyl (C=O) groups is 1. The van der Waals surface area contributed by atoms with Crippen LogP contribution in [0.25, 0.3) is 16.8 Å². The Balaban J connectivity index is 1.37. The molecule has 0 bridgehead atoms. The number of halogens is 1. The van der Waals surface area contributed by atoms with Crippen molar-refractivity contribution in [1.82, 2.24) is 34.6 Å². The zero-order valence-electron chi connectivity index (χ0n) is 25.5. The molecule has 5 rings (SSSR count). The molecule has 44 heavy (non-hydrogen) atoms. The van der Waals surface area contributed by atoms with Gasteiger partial charge in [0.05, 0.1) is 29.5 Å². The number of carbonyl (C=O) groups excluding carboxylic acids is 1. The first-order valence-electron chi connectivity index (χ1n) is 14.5. The van der Waals surface area contributed by atoms with E-state index in [0.717, 1.165) is 35.1 Å². The van der Waals surface area contributed by atoms with Crippen molar-refractivity contribution in [2.45, 2.75) is 58.9 Å². The number of rotatable bonds is 10. The molecule has 4 aromatic heterocycles. The van der Waals surface area contributed by atoms with Gasteiger partial charge >= 0.3 is 6.09 Å². The van der Waals surface area contributed by atoms with Gasteiger partial charge in [-0.25, -0.2) is 13.7 Å². The van der Waals surface area contributed by atoms with Gasteiger partial charge in [-0.2, -0.15) is 15.5 Å². The Kier molecular flexibility index (Phi) is 8.85. The first-order chi connectivity index (χ1) is 21.0. The number of nitrogens with zero attached hydrogens (tertiary/aromatic N) is 7. The summed E-state index contributed by atoms with van der Waals surface area (Å²) < 4.78 is 28.4. The van der Waals surface area contributed by atoms with Gasteiger partial charge in [0, 0.05) is 37.9 Å². The highest BCUT2D eigenvalue weighted by molar-refractivity contribution is 5.75. The Morgan fingerprint density at radius 1 is 1.30 bits per heavy atom. The van der Waals surface area contributed by atoms with E-state index in [9.17, 15) is 19.6 Å². The number of likely N-dealkylation sites (tertiary alicyclic amines) is 1. The maximum atomic E-state index is 13.3. The smallest absolute Gasteiger partial charge is 0.410 e. The summed E-state index contributed by atoms with van der Waals surface area (Å²) in [5.74, 6) is 0.195. The Morgan fingerprint density at radius 3 is 2.73 bits per heavy atom. The van der Waals surface area contributed by atoms with E-state index in [1.165, 1.54) is 18.3 Å². The molecule has 1 amide bonds. The van der Waals surface area contributed by atoms with Crippen molar-refractivity contribution in [2.75, 3.05) is 26.7 Å². The Hall–Kier alpha value is -4.54. The first kappa shape index (κ1) is 30.9. The zero-order valence-corrected chi connectivity index (χ0v) is 25.5. The lowest BCUT2D eigenvalue weighted by atomic mass is 9.97. The summed E-state index contributed by atoms with van der Waals surface area (Å²) in [6.45, 7) is 10.0. The SMILES string of the molecule is CNCc1c(C)c(-c2cc(OCC(O)c3ccc(F)cn3)c3c(C#N)cnn3c2)nn1CCC1CN(C(=O)OC(C)(C)C)C1. The maximum Gasteiger partial charge on any atom is 0.410 e. The zero-order chi connectivity index (χ0) is 31.6. The number of aliphatic hydroxyl groups is 1. The average Bonchev–Trinajstić information content (AvgIpc) is 3.51. The number of nitriles is 1. The molecule has 1 atom stereocenters. The van der Waals surface area contributed by atoms with Crippen LogP contribution in [0.15, 0.2) is 36.8 Å². The van der Waals surface area contributed by atoms with E-state index in [1.807, 2.05) is 39.4 Å². The van der Waals surface area contributed by atoms with Crippen LogP contribution in [0.4, 0.5) is 9.18 Å². The van der Waals surface area contributed by atoms with Gasteiger partial charge in [-0.3, -0.25) is 9.67 Å². The van der Waals surface area contributed by atoms with Crippen LogP contribution in [-0.2, 0) is 17.8 Å². The van der Waals surface area contributed by atoms with Crippen LogP contribution in [0, 0.1) is 30.0 Å². The van der Waals surface area contributed by atoms with Gasteiger partial charge in [0.1, 0.15) is 47.0 Å². The first-order valence-corrected chi connectivity index (χ1v) is 14.5. The molecule has 0 aliphatic carbocycles. The minimum atomic E-state index is -1.12. The van der Waals surface area contributed by atoms with Crippen LogP contribution in [0.2, 0.25) is 0 Å². The van der Waals surface area contributed by atoms with E-state index in [2.05, 4.69) is 21.5 Å². The van der Waals surface area contributed by atoms with Crippen molar-refractivity contribution >= 4 is 11.6 Å². The van der Waals surface area contributed by atoms with Crippen LogP contribution < -0.4 is 10.1 Å². The van der Waals surface area contributed by atoms with Crippen molar-refractivity contribution < 1.29 is 23.8 Å². The third-order valence-electron chi connectivity index (χ3n) is 7.48. The second-order valence-electron chi connectivity index (χ2n) is 12.0. The number of nitrogens with one attached hydrogen (secondary N) is 1. The van der Waals surface area contributed by atoms with Gasteiger partial charge in [0.2, 0.25) is 0 Å². The summed E-state index contributed by atoms with van der Waals surface area (Å²) in [7, 11) is 1.88. The quantitative estimate of drug-likeness (QED) is 0.275. The van der Waals surface area contributed by atoms with Crippen LogP contribution in [0.3, 0.4) is 0 Å². The number of fused-ring (bicyclic) bond motifs is 1. The topological polar surface area (TPSA) is 143 Å². The summed E-state index contributed by atoms with van der Waals surface area (Å²) in [6, 6.07) is 6.54. The van der Waals surface area contributed by atoms with E-state index in [-0.39, 0.29) is 18.4 Å². The number of pyridine rings is 2. The number of ether oxygens (including phenoxy) is 2. The number of aromatic nitrogens is 5. The van der Waals surface area contributed by atoms with Gasteiger partial charge in [0.15, 0.2) is 0 Å². The fraction of sp³-hybridized carbons (Fsp3) is 0.452. The second kappa shape index (κ2) is 12.6. The molecule has 1 fully saturated rings. The molecular weight excluding hydrogens is 567 g/mol. The minimum absolute atomic E-state index is 0.173. The Labute approximate surface area is 255 Å². The van der Waals surface area contributed by atoms with E-state index in [4.69, 9.17) is 14.6 Å². The van der Waals surface area contributed by atoms with E-state index in [0.29, 0.717) is 48.9 Å². The molecule has 1 unspecified atom stereocenters. The monoisotopic (exact) mass is 604 g/mol. The van der Waals surface area contributed by atoms with Crippen LogP contribution in [0.5, 0.6) is 5.75 Å². The molecule has 13 heteroatoms. The summed E-state index contributed by atoms with van der Waals surface area (Å²) in [5, 5.41) is 32.9. The standard InChI is InChI=1S/C31H37FN8O4/c1-19-25(14-34-5)39(9-8-20-15-38(16-20)30(42)44-31(2,3)4)37-28(19)21-10-27(29-22(11-33)12-36-40(29)17-21)43-18-26(41)24-7-6-23(32)13-35-24/h6-7,10,12-13,17,20,26,34,41H,8-9,14-16,18H2,1-5H3. The normalized spacial score (nSPS) is 14.4. The third kappa shape index (κ3) is 6.66. The van der Waals surface area contributed by atoms with Gasteiger partial charge in [-0.15, -0.1) is 0 Å². The largest absolute Gasteiger partial charge is 0.488 e. The molecule has 0 radical (unpaired) electrons. The number of amides is 1. The van der Waals surface area contributed by atoms with Crippen molar-refractivity contribution in [3.8, 4) is 23.1 Å². The van der Waals surface area contributed by atoms with Gasteiger partial charge in [0.25, 0.3) is 0 Å². The predicted octanol–water partition coefficient (Wildman–Crippen LogP) is 4.00. The van der Waals surface area contributed by atoms with E-state index < -0.39 is 17.5 Å². The summed E-state index contributed by atoms with van der Waals surface area (Å²) in [4.78, 5) is 18.0. The molecule has 0 spiro atoms. The molecule has 2 N–H and O–H groups in total. The lowest BCUT2D eigenvalue weighted by molar-refractivity contribution is -0.00279. The molecule has 5 heterocycles. The Bertz CT molecular complexity index is 1680. The third-order valence-corrected chi connectivity index (χ3v) is 7.48. The molecule has 1 aliphatic rings. The predicted molar refractivity (Wildman–Crippen MR) is 159 cm³/mol. The molecule has 0 aromatic carbocycles. The van der Waals surface area contributed by atoms with Gasteiger partial charge < -0.3 is 24.8 Å². The van der Waals surface area contributed by atoms with Crippen LogP contribution >= 0.6 is 0 Å². The highest BCUT2D eigenvalue weighted by Gasteiger charge is 2.33. The average molecular weight is 605 g/mol. The fourth-order valence-corrected chi connectivity index (χ4v) is 5.21. The molecule has 232 valence electrons. The van der Waals surface area contributed by atoms with Crippen molar-refractivity contribution in [3.05, 3.63) is 65.1 Å². The summed E-state index contributed by atoms with van der Waals surface area (Å²) in [6.07, 6.45) is 3.74. The van der Waals surface area contributed by atoms with Gasteiger partial charge in [-0.1, -0.05) is 0 Å². The van der Waals surface area contributed by atoms with Crippen molar-refractivity contribution in [1.29, 1.82) is 5.26 Å². The Morgan fingerprint density at radius 2 is 2.07 bits per heavy atom. The van der Waals surface area contributed by atoms with E-state index >= 15 is 0 Å². The van der Waals surface area contributed by atoms with Crippen molar-refractivity contribution in [3.63, 3.8) is 0 Å². The van der Waals surface area contributed by atoms with Crippen LogP contribution in [-0.4, -0.2) is 72.8 Å². The summed E-state index contributed by atoms with van der Waals surface area (Å²) >= 11 is 0. The lowest BCUT2D eigenvalue weighted by Crippen LogP contribution is -2.51. The fourth-order valence-electron chi connectivity index (χ4n) is 5.21. The molecule has 1 aliphatic heterocycles.